The number of rotatable bonds is 10. The number of hydrogen-bond acceptors (Lipinski definition) is 11. The number of ether oxygens (including phenoxy) is 1. The number of aliphatic carboxylic acids is 1. The summed E-state index contributed by atoms with van der Waals surface area (Å²) in [6.07, 6.45) is 0. The van der Waals surface area contributed by atoms with Crippen LogP contribution in [0.4, 0.5) is 11.4 Å². The Morgan fingerprint density at radius 2 is 1.04 bits per heavy atom. The number of carboxylic acids is 1. The van der Waals surface area contributed by atoms with Gasteiger partial charge in [-0.3, -0.25) is 29.8 Å². The Kier molecular flexibility index (Phi) is 12.5. The highest BCUT2D eigenvalue weighted by atomic mass is 32.2. The monoisotopic (exact) mass is 674 g/mol. The second-order valence-corrected chi connectivity index (χ2v) is 15.8. The zero-order valence-corrected chi connectivity index (χ0v) is 27.9. The van der Waals surface area contributed by atoms with E-state index in [2.05, 4.69) is 4.74 Å². The summed E-state index contributed by atoms with van der Waals surface area (Å²) in [6, 6.07) is 7.35. The average molecular weight is 675 g/mol. The van der Waals surface area contributed by atoms with Crippen LogP contribution in [-0.2, 0) is 34.4 Å². The number of para-hydroxylation sites is 2. The molecule has 45 heavy (non-hydrogen) atoms. The summed E-state index contributed by atoms with van der Waals surface area (Å²) < 4.78 is 57.0. The third-order valence-electron chi connectivity index (χ3n) is 6.46. The molecule has 0 aliphatic heterocycles. The molecule has 2 aromatic rings. The molecule has 0 bridgehead atoms. The Balaban J connectivity index is 0.000000450. The lowest BCUT2D eigenvalue weighted by molar-refractivity contribution is -0.388. The first-order chi connectivity index (χ1) is 20.3. The molecule has 18 heteroatoms. The summed E-state index contributed by atoms with van der Waals surface area (Å²) in [7, 11) is -5.12. The lowest BCUT2D eigenvalue weighted by Crippen LogP contribution is -2.50. The van der Waals surface area contributed by atoms with Gasteiger partial charge in [-0.05, 0) is 23.0 Å². The maximum atomic E-state index is 12.8. The molecule has 0 heterocycles. The minimum absolute atomic E-state index is 0.467. The van der Waals surface area contributed by atoms with E-state index in [1.165, 1.54) is 31.3 Å². The summed E-state index contributed by atoms with van der Waals surface area (Å²) in [5, 5.41) is 31.4. The molecule has 0 spiro atoms. The molecule has 250 valence electrons. The van der Waals surface area contributed by atoms with E-state index in [4.69, 9.17) is 0 Å². The van der Waals surface area contributed by atoms with Gasteiger partial charge in [0.05, 0.1) is 17.0 Å². The van der Waals surface area contributed by atoms with Gasteiger partial charge in [0.15, 0.2) is 9.79 Å². The minimum Gasteiger partial charge on any atom is -0.480 e. The van der Waals surface area contributed by atoms with Crippen molar-refractivity contribution in [1.82, 2.24) is 8.61 Å². The lowest BCUT2D eigenvalue weighted by atomic mass is 9.87. The van der Waals surface area contributed by atoms with Crippen LogP contribution in [0.1, 0.15) is 41.5 Å². The van der Waals surface area contributed by atoms with Gasteiger partial charge < -0.3 is 9.84 Å². The minimum atomic E-state index is -4.33. The van der Waals surface area contributed by atoms with Crippen LogP contribution in [0.15, 0.2) is 58.3 Å². The van der Waals surface area contributed by atoms with Crippen LogP contribution in [0.25, 0.3) is 0 Å². The molecule has 0 saturated carbocycles. The number of esters is 1. The van der Waals surface area contributed by atoms with Crippen molar-refractivity contribution in [1.29, 1.82) is 0 Å². The second-order valence-electron chi connectivity index (χ2n) is 11.9. The van der Waals surface area contributed by atoms with E-state index in [0.717, 1.165) is 42.7 Å². The average Bonchev–Trinajstić information content (AvgIpc) is 2.91. The smallest absolute Gasteiger partial charge is 0.324 e. The molecule has 0 aliphatic carbocycles. The number of methoxy groups -OCH3 is 1. The topological polar surface area (TPSA) is 225 Å². The first kappa shape index (κ1) is 39.0. The zero-order valence-electron chi connectivity index (χ0n) is 26.3. The highest BCUT2D eigenvalue weighted by Crippen LogP contribution is 2.33. The van der Waals surface area contributed by atoms with Crippen molar-refractivity contribution in [2.24, 2.45) is 10.8 Å². The molecule has 0 saturated heterocycles. The molecule has 0 fully saturated rings. The zero-order chi connectivity index (χ0) is 35.3. The van der Waals surface area contributed by atoms with Crippen LogP contribution in [0.5, 0.6) is 0 Å². The van der Waals surface area contributed by atoms with Crippen molar-refractivity contribution >= 4 is 43.4 Å². The lowest BCUT2D eigenvalue weighted by Gasteiger charge is -2.34. The fourth-order valence-corrected chi connectivity index (χ4v) is 7.77. The van der Waals surface area contributed by atoms with E-state index in [9.17, 15) is 51.8 Å². The van der Waals surface area contributed by atoms with Gasteiger partial charge in [-0.2, -0.15) is 8.61 Å². The Morgan fingerprint density at radius 1 is 0.733 bits per heavy atom. The first-order valence-corrected chi connectivity index (χ1v) is 16.0. The molecular formula is C27H38N4O12S2. The molecule has 0 aliphatic rings. The fourth-order valence-electron chi connectivity index (χ4n) is 4.47. The van der Waals surface area contributed by atoms with E-state index in [-0.39, 0.29) is 0 Å². The van der Waals surface area contributed by atoms with E-state index >= 15 is 0 Å². The van der Waals surface area contributed by atoms with Crippen LogP contribution in [-0.4, -0.2) is 85.6 Å². The number of carboxylic acid groups (broad SMARTS) is 1. The maximum Gasteiger partial charge on any atom is 0.324 e. The number of nitrogens with zero attached hydrogens (tertiary/aromatic N) is 4. The molecule has 2 atom stereocenters. The van der Waals surface area contributed by atoms with Crippen LogP contribution >= 0.6 is 0 Å². The maximum absolute atomic E-state index is 12.8. The van der Waals surface area contributed by atoms with Gasteiger partial charge in [0.1, 0.15) is 12.1 Å². The summed E-state index contributed by atoms with van der Waals surface area (Å²) in [6.45, 7) is 9.78. The Labute approximate surface area is 262 Å². The van der Waals surface area contributed by atoms with Crippen molar-refractivity contribution in [3.05, 3.63) is 68.8 Å². The molecule has 0 unspecified atom stereocenters. The summed E-state index contributed by atoms with van der Waals surface area (Å²) in [4.78, 5) is 43.0. The van der Waals surface area contributed by atoms with Crippen LogP contribution in [0.2, 0.25) is 0 Å². The normalized spacial score (nSPS) is 13.8. The van der Waals surface area contributed by atoms with E-state index in [0.29, 0.717) is 4.31 Å². The van der Waals surface area contributed by atoms with Gasteiger partial charge in [0.25, 0.3) is 11.4 Å². The van der Waals surface area contributed by atoms with Crippen molar-refractivity contribution < 1.29 is 46.1 Å². The van der Waals surface area contributed by atoms with Crippen molar-refractivity contribution in [3.8, 4) is 0 Å². The number of benzene rings is 2. The molecule has 0 amide bonds. The molecule has 16 nitrogen and oxygen atoms in total. The predicted molar refractivity (Wildman–Crippen MR) is 162 cm³/mol. The number of carbonyl (C=O) groups is 2. The number of likely N-dealkylation sites (N-methyl/N-ethyl adjacent to an activating group) is 2. The standard InChI is InChI=1S/C14H20N2O6S.C13H18N2O6S/c1-14(2,3)12(13(17)22-5)15(4)23(20,21)11-9-7-6-8-10(11)16(18)19;1-13(2,3)11(12(16)17)14(4)22(20,21)10-8-6-5-7-9(10)15(18)19/h6-9,12H,1-5H3;5-8,11H,1-4H3,(H,16,17)/t12-;11-/m11/s1. The summed E-state index contributed by atoms with van der Waals surface area (Å²) in [5.41, 5.74) is -2.79. The number of carbonyl (C=O) groups excluding carboxylic acids is 1. The van der Waals surface area contributed by atoms with Crippen molar-refractivity contribution in [2.75, 3.05) is 21.2 Å². The van der Waals surface area contributed by atoms with Gasteiger partial charge in [-0.25, -0.2) is 16.8 Å². The van der Waals surface area contributed by atoms with Crippen molar-refractivity contribution in [2.45, 2.75) is 63.4 Å². The molecule has 1 N–H and O–H groups in total. The molecule has 0 aromatic heterocycles. The van der Waals surface area contributed by atoms with Crippen LogP contribution < -0.4 is 0 Å². The van der Waals surface area contributed by atoms with Crippen LogP contribution in [0, 0.1) is 31.1 Å². The number of sulfonamides is 2. The fraction of sp³-hybridized carbons (Fsp3) is 0.481. The first-order valence-electron chi connectivity index (χ1n) is 13.1. The van der Waals surface area contributed by atoms with Gasteiger partial charge in [-0.1, -0.05) is 65.8 Å². The molecular weight excluding hydrogens is 636 g/mol. The summed E-state index contributed by atoms with van der Waals surface area (Å²) >= 11 is 0. The Hall–Kier alpha value is -4.00. The molecule has 2 rings (SSSR count). The third-order valence-corrected chi connectivity index (χ3v) is 10.2. The van der Waals surface area contributed by atoms with Crippen LogP contribution in [0.3, 0.4) is 0 Å². The number of hydrogen-bond donors (Lipinski definition) is 1. The van der Waals surface area contributed by atoms with Gasteiger partial charge >= 0.3 is 11.9 Å². The van der Waals surface area contributed by atoms with E-state index in [1.54, 1.807) is 41.5 Å². The van der Waals surface area contributed by atoms with Gasteiger partial charge in [-0.15, -0.1) is 0 Å². The van der Waals surface area contributed by atoms with Gasteiger partial charge in [0.2, 0.25) is 20.0 Å². The van der Waals surface area contributed by atoms with E-state index < -0.39 is 85.9 Å². The largest absolute Gasteiger partial charge is 0.480 e. The molecule has 2 aromatic carbocycles. The Morgan fingerprint density at radius 3 is 1.31 bits per heavy atom. The Bertz CT molecular complexity index is 1650. The van der Waals surface area contributed by atoms with E-state index in [1.807, 2.05) is 0 Å². The highest BCUT2D eigenvalue weighted by molar-refractivity contribution is 7.89. The predicted octanol–water partition coefficient (Wildman–Crippen LogP) is 3.52. The second kappa shape index (κ2) is 14.4. The molecule has 0 radical (unpaired) electrons. The third kappa shape index (κ3) is 9.03. The number of nitro benzene ring substituents is 2. The highest BCUT2D eigenvalue weighted by Gasteiger charge is 2.44. The van der Waals surface area contributed by atoms with Gasteiger partial charge in [0, 0.05) is 26.2 Å². The quantitative estimate of drug-likeness (QED) is 0.217. The number of nitro groups is 2. The van der Waals surface area contributed by atoms with Crippen molar-refractivity contribution in [3.63, 3.8) is 0 Å². The SMILES string of the molecule is CN([C@H](C(=O)O)C(C)(C)C)S(=O)(=O)c1ccccc1[N+](=O)[O-].COC(=O)[C@@H](N(C)S(=O)(=O)c1ccccc1[N+](=O)[O-])C(C)(C)C. The summed E-state index contributed by atoms with van der Waals surface area (Å²) in [5.74, 6) is -2.06.